The van der Waals surface area contributed by atoms with Crippen molar-refractivity contribution in [2.75, 3.05) is 17.7 Å². The van der Waals surface area contributed by atoms with E-state index in [0.29, 0.717) is 35.6 Å². The molecule has 0 spiro atoms. The molecule has 176 valence electrons. The Morgan fingerprint density at radius 2 is 1.82 bits per heavy atom. The Kier molecular flexibility index (Phi) is 8.32. The first-order valence-electron chi connectivity index (χ1n) is 11.3. The smallest absolute Gasteiger partial charge is 0.262 e. The molecule has 3 rings (SSSR count). The lowest BCUT2D eigenvalue weighted by atomic mass is 9.86. The van der Waals surface area contributed by atoms with Gasteiger partial charge in [0.05, 0.1) is 22.8 Å². The number of fused-ring (bicyclic) bond motifs is 1. The minimum atomic E-state index is -0.131. The van der Waals surface area contributed by atoms with Crippen molar-refractivity contribution in [3.8, 4) is 0 Å². The van der Waals surface area contributed by atoms with Crippen LogP contribution in [0.3, 0.4) is 0 Å². The number of rotatable bonds is 9. The van der Waals surface area contributed by atoms with E-state index in [4.69, 9.17) is 9.72 Å². The average molecular weight is 468 g/mol. The molecule has 2 aromatic carbocycles. The fourth-order valence-electron chi connectivity index (χ4n) is 3.56. The third-order valence-corrected chi connectivity index (χ3v) is 6.12. The number of ether oxygens (including phenoxy) is 1. The van der Waals surface area contributed by atoms with E-state index in [0.717, 1.165) is 11.3 Å². The molecule has 1 aromatic heterocycles. The van der Waals surface area contributed by atoms with Crippen LogP contribution >= 0.6 is 11.8 Å². The third kappa shape index (κ3) is 6.68. The number of anilines is 1. The number of carbonyl (C=O) groups is 1. The molecule has 3 aromatic rings. The second-order valence-corrected chi connectivity index (χ2v) is 10.2. The van der Waals surface area contributed by atoms with E-state index in [1.165, 1.54) is 11.8 Å². The van der Waals surface area contributed by atoms with Gasteiger partial charge in [-0.25, -0.2) is 4.98 Å². The monoisotopic (exact) mass is 467 g/mol. The minimum Gasteiger partial charge on any atom is -0.379 e. The molecule has 0 saturated carbocycles. The molecule has 0 unspecified atom stereocenters. The van der Waals surface area contributed by atoms with Crippen molar-refractivity contribution in [3.05, 3.63) is 64.4 Å². The van der Waals surface area contributed by atoms with Gasteiger partial charge >= 0.3 is 0 Å². The normalized spacial score (nSPS) is 11.8. The van der Waals surface area contributed by atoms with E-state index in [1.54, 1.807) is 10.6 Å². The Bertz CT molecular complexity index is 1170. The van der Waals surface area contributed by atoms with E-state index in [9.17, 15) is 9.59 Å². The maximum absolute atomic E-state index is 13.1. The lowest BCUT2D eigenvalue weighted by Crippen LogP contribution is -2.25. The Hall–Kier alpha value is -2.64. The zero-order valence-electron chi connectivity index (χ0n) is 20.1. The maximum atomic E-state index is 13.1. The average Bonchev–Trinajstić information content (AvgIpc) is 2.76. The number of hydrogen-bond donors (Lipinski definition) is 1. The van der Waals surface area contributed by atoms with Crippen molar-refractivity contribution in [2.24, 2.45) is 0 Å². The number of hydrogen-bond acceptors (Lipinski definition) is 5. The molecule has 7 heteroatoms. The van der Waals surface area contributed by atoms with Crippen LogP contribution in [0.4, 0.5) is 5.69 Å². The van der Waals surface area contributed by atoms with Crippen LogP contribution in [0, 0.1) is 0 Å². The molecule has 33 heavy (non-hydrogen) atoms. The van der Waals surface area contributed by atoms with Crippen LogP contribution in [0.2, 0.25) is 0 Å². The van der Waals surface area contributed by atoms with E-state index in [1.807, 2.05) is 56.3 Å². The highest BCUT2D eigenvalue weighted by atomic mass is 32.2. The van der Waals surface area contributed by atoms with Crippen molar-refractivity contribution in [1.29, 1.82) is 0 Å². The van der Waals surface area contributed by atoms with Crippen molar-refractivity contribution in [1.82, 2.24) is 9.55 Å². The zero-order valence-corrected chi connectivity index (χ0v) is 20.9. The molecule has 1 heterocycles. The lowest BCUT2D eigenvalue weighted by molar-refractivity contribution is -0.113. The van der Waals surface area contributed by atoms with Gasteiger partial charge in [-0.15, -0.1) is 0 Å². The Balaban J connectivity index is 1.78. The summed E-state index contributed by atoms with van der Waals surface area (Å²) in [5, 5.41) is 4.15. The summed E-state index contributed by atoms with van der Waals surface area (Å²) in [5.74, 6) is 0.0277. The fraction of sp³-hybridized carbons (Fsp3) is 0.423. The highest BCUT2D eigenvalue weighted by Crippen LogP contribution is 2.29. The summed E-state index contributed by atoms with van der Waals surface area (Å²) in [4.78, 5) is 30.6. The van der Waals surface area contributed by atoms with Gasteiger partial charge in [-0.05, 0) is 49.4 Å². The molecule has 0 saturated heterocycles. The van der Waals surface area contributed by atoms with Gasteiger partial charge in [0.2, 0.25) is 5.91 Å². The minimum absolute atomic E-state index is 0.0878. The summed E-state index contributed by atoms with van der Waals surface area (Å²) >= 11 is 1.28. The molecule has 0 fully saturated rings. The number of nitrogens with one attached hydrogen (secondary N) is 1. The van der Waals surface area contributed by atoms with Gasteiger partial charge in [0.15, 0.2) is 5.16 Å². The van der Waals surface area contributed by atoms with Crippen LogP contribution in [0.25, 0.3) is 10.9 Å². The molecule has 1 N–H and O–H groups in total. The summed E-state index contributed by atoms with van der Waals surface area (Å²) in [6.45, 7) is 11.4. The number of thioether (sulfide) groups is 1. The number of amides is 1. The fourth-order valence-corrected chi connectivity index (χ4v) is 4.38. The van der Waals surface area contributed by atoms with Gasteiger partial charge in [-0.3, -0.25) is 14.2 Å². The van der Waals surface area contributed by atoms with Crippen LogP contribution in [-0.4, -0.2) is 33.9 Å². The van der Waals surface area contributed by atoms with Crippen LogP contribution in [-0.2, 0) is 21.5 Å². The van der Waals surface area contributed by atoms with Crippen LogP contribution < -0.4 is 10.9 Å². The molecule has 0 atom stereocenters. The quantitative estimate of drug-likeness (QED) is 0.265. The first-order chi connectivity index (χ1) is 15.7. The summed E-state index contributed by atoms with van der Waals surface area (Å²) in [7, 11) is 0. The standard InChI is InChI=1S/C26H33N3O3S/c1-18(2)32-16-10-15-29-24(31)19-11-6-8-13-21(19)28-25(29)33-17-23(30)27-22-14-9-7-12-20(22)26(3,4)5/h6-9,11-14,18H,10,15-17H2,1-5H3,(H,27,30). The molecule has 6 nitrogen and oxygen atoms in total. The van der Waals surface area contributed by atoms with Crippen LogP contribution in [0.5, 0.6) is 0 Å². The Labute approximate surface area is 199 Å². The summed E-state index contributed by atoms with van der Waals surface area (Å²) in [5.41, 5.74) is 2.35. The Morgan fingerprint density at radius 1 is 1.12 bits per heavy atom. The van der Waals surface area contributed by atoms with Gasteiger partial charge in [0.1, 0.15) is 0 Å². The van der Waals surface area contributed by atoms with E-state index in [-0.39, 0.29) is 28.7 Å². The third-order valence-electron chi connectivity index (χ3n) is 5.15. The molecule has 0 radical (unpaired) electrons. The SMILES string of the molecule is CC(C)OCCCn1c(SCC(=O)Nc2ccccc2C(C)(C)C)nc2ccccc2c1=O. The predicted molar refractivity (Wildman–Crippen MR) is 136 cm³/mol. The van der Waals surface area contributed by atoms with E-state index in [2.05, 4.69) is 26.1 Å². The number of para-hydroxylation sites is 2. The van der Waals surface area contributed by atoms with Crippen molar-refractivity contribution in [3.63, 3.8) is 0 Å². The summed E-state index contributed by atoms with van der Waals surface area (Å²) < 4.78 is 7.29. The number of nitrogens with zero attached hydrogens (tertiary/aromatic N) is 2. The molecular weight excluding hydrogens is 434 g/mol. The second kappa shape index (κ2) is 11.0. The zero-order chi connectivity index (χ0) is 24.0. The van der Waals surface area contributed by atoms with E-state index >= 15 is 0 Å². The predicted octanol–water partition coefficient (Wildman–Crippen LogP) is 5.24. The topological polar surface area (TPSA) is 73.2 Å². The summed E-state index contributed by atoms with van der Waals surface area (Å²) in [6.07, 6.45) is 0.835. The summed E-state index contributed by atoms with van der Waals surface area (Å²) in [6, 6.07) is 15.2. The van der Waals surface area contributed by atoms with Gasteiger partial charge in [-0.2, -0.15) is 0 Å². The molecule has 1 amide bonds. The molecular formula is C26H33N3O3S. The van der Waals surface area contributed by atoms with Gasteiger partial charge in [0, 0.05) is 18.8 Å². The molecule has 0 bridgehead atoms. The van der Waals surface area contributed by atoms with Gasteiger partial charge in [-0.1, -0.05) is 62.9 Å². The first-order valence-corrected chi connectivity index (χ1v) is 12.3. The highest BCUT2D eigenvalue weighted by molar-refractivity contribution is 7.99. The van der Waals surface area contributed by atoms with Crippen molar-refractivity contribution in [2.45, 2.75) is 64.3 Å². The van der Waals surface area contributed by atoms with E-state index < -0.39 is 0 Å². The second-order valence-electron chi connectivity index (χ2n) is 9.27. The first kappa shape index (κ1) is 25.0. The van der Waals surface area contributed by atoms with Crippen molar-refractivity contribution >= 4 is 34.3 Å². The molecule has 0 aliphatic carbocycles. The molecule has 0 aliphatic heterocycles. The largest absolute Gasteiger partial charge is 0.379 e. The number of aromatic nitrogens is 2. The van der Waals surface area contributed by atoms with Gasteiger partial charge in [0.25, 0.3) is 5.56 Å². The number of benzene rings is 2. The van der Waals surface area contributed by atoms with Gasteiger partial charge < -0.3 is 10.1 Å². The Morgan fingerprint density at radius 3 is 2.55 bits per heavy atom. The van der Waals surface area contributed by atoms with Crippen LogP contribution in [0.1, 0.15) is 46.6 Å². The number of carbonyl (C=O) groups excluding carboxylic acids is 1. The highest BCUT2D eigenvalue weighted by Gasteiger charge is 2.19. The maximum Gasteiger partial charge on any atom is 0.262 e. The lowest BCUT2D eigenvalue weighted by Gasteiger charge is -2.23. The van der Waals surface area contributed by atoms with Crippen molar-refractivity contribution < 1.29 is 9.53 Å². The van der Waals surface area contributed by atoms with Crippen LogP contribution in [0.15, 0.2) is 58.5 Å². The molecule has 0 aliphatic rings.